The topological polar surface area (TPSA) is 59.8 Å². The van der Waals surface area contributed by atoms with Gasteiger partial charge < -0.3 is 5.32 Å². The molecule has 146 valence electrons. The van der Waals surface area contributed by atoms with Gasteiger partial charge in [0, 0.05) is 17.6 Å². The molecule has 1 N–H and O–H groups in total. The molecule has 7 heteroatoms. The summed E-state index contributed by atoms with van der Waals surface area (Å²) in [6.07, 6.45) is 4.64. The maximum atomic E-state index is 12.3. The highest BCUT2D eigenvalue weighted by molar-refractivity contribution is 7.99. The van der Waals surface area contributed by atoms with Crippen LogP contribution >= 0.6 is 23.4 Å². The van der Waals surface area contributed by atoms with E-state index >= 15 is 0 Å². The quantitative estimate of drug-likeness (QED) is 0.659. The van der Waals surface area contributed by atoms with Crippen LogP contribution < -0.4 is 5.32 Å². The van der Waals surface area contributed by atoms with Gasteiger partial charge in [-0.25, -0.2) is 0 Å². The molecule has 1 saturated carbocycles. The first kappa shape index (κ1) is 20.2. The first-order chi connectivity index (χ1) is 13.0. The number of aromatic nitrogens is 3. The molecule has 0 aliphatic heterocycles. The molecule has 0 saturated heterocycles. The van der Waals surface area contributed by atoms with E-state index < -0.39 is 0 Å². The molecule has 1 aliphatic carbocycles. The Balaban J connectivity index is 1.81. The fourth-order valence-corrected chi connectivity index (χ4v) is 4.32. The molecule has 5 nitrogen and oxygen atoms in total. The molecule has 0 radical (unpaired) electrons. The third-order valence-electron chi connectivity index (χ3n) is 5.19. The molecule has 1 aliphatic rings. The van der Waals surface area contributed by atoms with Crippen molar-refractivity contribution in [3.63, 3.8) is 0 Å². The molecule has 0 bridgehead atoms. The Morgan fingerprint density at radius 2 is 1.96 bits per heavy atom. The number of nitrogens with one attached hydrogen (secondary N) is 1. The molecule has 3 rings (SSSR count). The highest BCUT2D eigenvalue weighted by Gasteiger charge is 2.26. The number of carbonyl (C=O) groups is 1. The van der Waals surface area contributed by atoms with E-state index in [9.17, 15) is 4.79 Å². The number of rotatable bonds is 7. The van der Waals surface area contributed by atoms with Crippen LogP contribution in [-0.4, -0.2) is 32.5 Å². The fourth-order valence-electron chi connectivity index (χ4n) is 3.29. The number of hydrogen-bond donors (Lipinski definition) is 1. The zero-order valence-corrected chi connectivity index (χ0v) is 17.7. The van der Waals surface area contributed by atoms with Gasteiger partial charge in [0.05, 0.1) is 10.8 Å². The maximum absolute atomic E-state index is 12.3. The summed E-state index contributed by atoms with van der Waals surface area (Å²) in [4.78, 5) is 12.3. The molecule has 0 spiro atoms. The van der Waals surface area contributed by atoms with Gasteiger partial charge in [0.25, 0.3) is 0 Å². The Labute approximate surface area is 170 Å². The minimum absolute atomic E-state index is 0.0291. The van der Waals surface area contributed by atoms with Gasteiger partial charge in [0.15, 0.2) is 11.0 Å². The Morgan fingerprint density at radius 3 is 2.63 bits per heavy atom. The second kappa shape index (κ2) is 9.11. The Hall–Kier alpha value is -1.53. The third-order valence-corrected chi connectivity index (χ3v) is 6.46. The smallest absolute Gasteiger partial charge is 0.230 e. The SMILES string of the molecule is CC(C)[C@H](C)NC(=O)CSc1nnc(-c2ccccc2Cl)n1C1CCCC1. The number of halogens is 1. The van der Waals surface area contributed by atoms with Crippen LogP contribution in [0.5, 0.6) is 0 Å². The first-order valence-corrected chi connectivity index (χ1v) is 11.0. The summed E-state index contributed by atoms with van der Waals surface area (Å²) in [7, 11) is 0. The zero-order valence-electron chi connectivity index (χ0n) is 16.1. The van der Waals surface area contributed by atoms with Crippen molar-refractivity contribution in [3.8, 4) is 11.4 Å². The van der Waals surface area contributed by atoms with Gasteiger partial charge >= 0.3 is 0 Å². The van der Waals surface area contributed by atoms with Gasteiger partial charge in [-0.1, -0.05) is 62.2 Å². The van der Waals surface area contributed by atoms with Crippen molar-refractivity contribution < 1.29 is 4.79 Å². The van der Waals surface area contributed by atoms with E-state index in [4.69, 9.17) is 11.6 Å². The van der Waals surface area contributed by atoms with Gasteiger partial charge in [-0.2, -0.15) is 0 Å². The summed E-state index contributed by atoms with van der Waals surface area (Å²) in [6, 6.07) is 8.25. The molecule has 1 fully saturated rings. The van der Waals surface area contributed by atoms with Crippen LogP contribution in [0.15, 0.2) is 29.4 Å². The number of carbonyl (C=O) groups excluding carboxylic acids is 1. The molecular weight excluding hydrogens is 380 g/mol. The van der Waals surface area contributed by atoms with Crippen LogP contribution in [0.25, 0.3) is 11.4 Å². The van der Waals surface area contributed by atoms with Crippen molar-refractivity contribution in [2.24, 2.45) is 5.92 Å². The largest absolute Gasteiger partial charge is 0.353 e. The number of thioether (sulfide) groups is 1. The van der Waals surface area contributed by atoms with Crippen molar-refractivity contribution >= 4 is 29.3 Å². The highest BCUT2D eigenvalue weighted by Crippen LogP contribution is 2.38. The third kappa shape index (κ3) is 4.85. The highest BCUT2D eigenvalue weighted by atomic mass is 35.5. The summed E-state index contributed by atoms with van der Waals surface area (Å²) in [5.41, 5.74) is 0.892. The van der Waals surface area contributed by atoms with E-state index in [1.54, 1.807) is 0 Å². The predicted octanol–water partition coefficient (Wildman–Crippen LogP) is 4.97. The van der Waals surface area contributed by atoms with Gasteiger partial charge in [0.1, 0.15) is 0 Å². The van der Waals surface area contributed by atoms with Crippen molar-refractivity contribution in [2.75, 3.05) is 5.75 Å². The van der Waals surface area contributed by atoms with Gasteiger partial charge in [0.2, 0.25) is 5.91 Å². The van der Waals surface area contributed by atoms with Crippen molar-refractivity contribution in [2.45, 2.75) is 63.7 Å². The summed E-state index contributed by atoms with van der Waals surface area (Å²) >= 11 is 7.86. The molecule has 2 aromatic rings. The van der Waals surface area contributed by atoms with Crippen LogP contribution in [0.3, 0.4) is 0 Å². The standard InChI is InChI=1S/C20H27ClN4OS/c1-13(2)14(3)22-18(26)12-27-20-24-23-19(16-10-6-7-11-17(16)21)25(20)15-8-4-5-9-15/h6-7,10-11,13-15H,4-5,8-9,12H2,1-3H3,(H,22,26)/t14-/m0/s1. The average Bonchev–Trinajstić information content (AvgIpc) is 3.29. The predicted molar refractivity (Wildman–Crippen MR) is 111 cm³/mol. The lowest BCUT2D eigenvalue weighted by molar-refractivity contribution is -0.119. The minimum Gasteiger partial charge on any atom is -0.353 e. The minimum atomic E-state index is 0.0291. The summed E-state index contributed by atoms with van der Waals surface area (Å²) in [5.74, 6) is 1.57. The van der Waals surface area contributed by atoms with E-state index in [1.807, 2.05) is 31.2 Å². The molecule has 1 amide bonds. The van der Waals surface area contributed by atoms with Crippen LogP contribution in [0.4, 0.5) is 0 Å². The van der Waals surface area contributed by atoms with E-state index in [1.165, 1.54) is 24.6 Å². The Morgan fingerprint density at radius 1 is 1.26 bits per heavy atom. The lowest BCUT2D eigenvalue weighted by Gasteiger charge is -2.18. The second-order valence-electron chi connectivity index (χ2n) is 7.48. The molecule has 1 aromatic carbocycles. The van der Waals surface area contributed by atoms with Crippen LogP contribution in [-0.2, 0) is 4.79 Å². The molecular formula is C20H27ClN4OS. The van der Waals surface area contributed by atoms with Crippen molar-refractivity contribution in [1.29, 1.82) is 0 Å². The van der Waals surface area contributed by atoms with Crippen LogP contribution in [0.1, 0.15) is 52.5 Å². The number of nitrogens with zero attached hydrogens (tertiary/aromatic N) is 3. The molecule has 27 heavy (non-hydrogen) atoms. The second-order valence-corrected chi connectivity index (χ2v) is 8.83. The summed E-state index contributed by atoms with van der Waals surface area (Å²) < 4.78 is 2.19. The summed E-state index contributed by atoms with van der Waals surface area (Å²) in [6.45, 7) is 6.24. The summed E-state index contributed by atoms with van der Waals surface area (Å²) in [5, 5.41) is 13.4. The van der Waals surface area contributed by atoms with Crippen LogP contribution in [0, 0.1) is 5.92 Å². The number of benzene rings is 1. The van der Waals surface area contributed by atoms with E-state index in [-0.39, 0.29) is 11.9 Å². The van der Waals surface area contributed by atoms with E-state index in [0.717, 1.165) is 29.4 Å². The Kier molecular flexibility index (Phi) is 6.82. The van der Waals surface area contributed by atoms with Gasteiger partial charge in [-0.05, 0) is 37.8 Å². The fraction of sp³-hybridized carbons (Fsp3) is 0.550. The molecule has 1 atom stereocenters. The lowest BCUT2D eigenvalue weighted by Crippen LogP contribution is -2.37. The maximum Gasteiger partial charge on any atom is 0.230 e. The molecule has 1 heterocycles. The number of amides is 1. The van der Waals surface area contributed by atoms with Gasteiger partial charge in [-0.15, -0.1) is 10.2 Å². The Bertz CT molecular complexity index is 786. The normalized spacial score (nSPS) is 16.0. The molecule has 1 aromatic heterocycles. The molecule has 0 unspecified atom stereocenters. The van der Waals surface area contributed by atoms with Gasteiger partial charge in [-0.3, -0.25) is 9.36 Å². The van der Waals surface area contributed by atoms with E-state index in [0.29, 0.717) is 22.7 Å². The average molecular weight is 407 g/mol. The number of hydrogen-bond acceptors (Lipinski definition) is 4. The van der Waals surface area contributed by atoms with Crippen molar-refractivity contribution in [1.82, 2.24) is 20.1 Å². The lowest BCUT2D eigenvalue weighted by atomic mass is 10.1. The first-order valence-electron chi connectivity index (χ1n) is 9.59. The van der Waals surface area contributed by atoms with E-state index in [2.05, 4.69) is 33.9 Å². The van der Waals surface area contributed by atoms with Crippen molar-refractivity contribution in [3.05, 3.63) is 29.3 Å². The zero-order chi connectivity index (χ0) is 19.4. The van der Waals surface area contributed by atoms with Crippen LogP contribution in [0.2, 0.25) is 5.02 Å². The monoisotopic (exact) mass is 406 g/mol.